The summed E-state index contributed by atoms with van der Waals surface area (Å²) >= 11 is 1.72. The molecule has 0 amide bonds. The van der Waals surface area contributed by atoms with Gasteiger partial charge in [0.05, 0.1) is 0 Å². The van der Waals surface area contributed by atoms with Crippen LogP contribution in [-0.4, -0.2) is 22.4 Å². The molecule has 0 spiro atoms. The van der Waals surface area contributed by atoms with E-state index in [-0.39, 0.29) is 0 Å². The summed E-state index contributed by atoms with van der Waals surface area (Å²) < 4.78 is 0. The number of rotatable bonds is 1. The van der Waals surface area contributed by atoms with Gasteiger partial charge < -0.3 is 10.0 Å². The first-order chi connectivity index (χ1) is 4.61. The van der Waals surface area contributed by atoms with Crippen molar-refractivity contribution in [2.75, 3.05) is 0 Å². The molecule has 0 fully saturated rings. The highest BCUT2D eigenvalue weighted by molar-refractivity contribution is 8.04. The molecule has 1 aliphatic heterocycles. The zero-order valence-corrected chi connectivity index (χ0v) is 6.98. The van der Waals surface area contributed by atoms with Gasteiger partial charge in [-0.15, -0.1) is 11.8 Å². The molecular weight excluding hydrogens is 147 g/mol. The Morgan fingerprint density at radius 1 is 1.60 bits per heavy atom. The minimum Gasteiger partial charge on any atom is -0.423 e. The Morgan fingerprint density at radius 3 is 2.40 bits per heavy atom. The maximum atomic E-state index is 8.82. The van der Waals surface area contributed by atoms with E-state index in [2.05, 4.69) is 6.92 Å². The molecule has 0 bridgehead atoms. The van der Waals surface area contributed by atoms with E-state index in [0.29, 0.717) is 5.25 Å². The molecule has 2 nitrogen and oxygen atoms in total. The maximum Gasteiger partial charge on any atom is 0.484 e. The molecule has 0 aromatic carbocycles. The molecule has 1 aliphatic rings. The van der Waals surface area contributed by atoms with Gasteiger partial charge in [0.25, 0.3) is 0 Å². The molecule has 4 heteroatoms. The second-order valence-electron chi connectivity index (χ2n) is 2.59. The fraction of sp³-hybridized carbons (Fsp3) is 0.667. The Balaban J connectivity index is 2.66. The summed E-state index contributed by atoms with van der Waals surface area (Å²) in [7, 11) is -1.24. The zero-order chi connectivity index (χ0) is 7.72. The Bertz CT molecular complexity index is 167. The highest BCUT2D eigenvalue weighted by Gasteiger charge is 2.26. The van der Waals surface area contributed by atoms with Crippen molar-refractivity contribution in [1.29, 1.82) is 0 Å². The van der Waals surface area contributed by atoms with Gasteiger partial charge >= 0.3 is 7.12 Å². The summed E-state index contributed by atoms with van der Waals surface area (Å²) in [5, 5.41) is 18.2. The summed E-state index contributed by atoms with van der Waals surface area (Å²) in [4.78, 5) is 1.07. The quantitative estimate of drug-likeness (QED) is 0.554. The zero-order valence-electron chi connectivity index (χ0n) is 6.16. The van der Waals surface area contributed by atoms with Crippen molar-refractivity contribution in [1.82, 2.24) is 0 Å². The molecule has 1 unspecified atom stereocenters. The van der Waals surface area contributed by atoms with Gasteiger partial charge in [-0.2, -0.15) is 0 Å². The first-order valence-electron chi connectivity index (χ1n) is 3.33. The normalized spacial score (nSPS) is 25.8. The summed E-state index contributed by atoms with van der Waals surface area (Å²) in [6.07, 6.45) is 0.814. The topological polar surface area (TPSA) is 40.5 Å². The molecular formula is C6H11BO2S. The van der Waals surface area contributed by atoms with Crippen molar-refractivity contribution in [3.8, 4) is 0 Å². The molecule has 2 N–H and O–H groups in total. The third-order valence-corrected chi connectivity index (χ3v) is 2.83. The average Bonchev–Trinajstić information content (AvgIpc) is 2.10. The highest BCUT2D eigenvalue weighted by Crippen LogP contribution is 2.36. The van der Waals surface area contributed by atoms with Crippen LogP contribution in [0.15, 0.2) is 10.4 Å². The van der Waals surface area contributed by atoms with E-state index in [1.165, 1.54) is 0 Å². The number of hydrogen-bond donors (Lipinski definition) is 2. The van der Waals surface area contributed by atoms with E-state index in [4.69, 9.17) is 10.0 Å². The summed E-state index contributed by atoms with van der Waals surface area (Å²) in [6, 6.07) is 0. The van der Waals surface area contributed by atoms with Crippen LogP contribution in [-0.2, 0) is 0 Å². The van der Waals surface area contributed by atoms with E-state index in [9.17, 15) is 0 Å². The van der Waals surface area contributed by atoms with Crippen LogP contribution in [0.4, 0.5) is 0 Å². The molecule has 0 radical (unpaired) electrons. The smallest absolute Gasteiger partial charge is 0.423 e. The van der Waals surface area contributed by atoms with Crippen LogP contribution in [0.3, 0.4) is 0 Å². The number of allylic oxidation sites excluding steroid dienone is 2. The molecule has 0 aromatic heterocycles. The van der Waals surface area contributed by atoms with Crippen LogP contribution >= 0.6 is 11.8 Å². The maximum absolute atomic E-state index is 8.82. The van der Waals surface area contributed by atoms with Gasteiger partial charge in [-0.25, -0.2) is 0 Å². The summed E-state index contributed by atoms with van der Waals surface area (Å²) in [5.74, 6) is 0. The van der Waals surface area contributed by atoms with E-state index in [0.717, 1.165) is 16.8 Å². The predicted molar refractivity (Wildman–Crippen MR) is 44.6 cm³/mol. The van der Waals surface area contributed by atoms with Crippen molar-refractivity contribution < 1.29 is 10.0 Å². The largest absolute Gasteiger partial charge is 0.484 e. The Labute approximate surface area is 65.5 Å². The van der Waals surface area contributed by atoms with Gasteiger partial charge in [-0.1, -0.05) is 6.92 Å². The van der Waals surface area contributed by atoms with Gasteiger partial charge in [0.2, 0.25) is 0 Å². The van der Waals surface area contributed by atoms with Crippen molar-refractivity contribution in [3.63, 3.8) is 0 Å². The van der Waals surface area contributed by atoms with Gasteiger partial charge in [0.1, 0.15) is 0 Å². The van der Waals surface area contributed by atoms with E-state index < -0.39 is 7.12 Å². The minimum absolute atomic E-state index is 0.511. The van der Waals surface area contributed by atoms with E-state index in [1.54, 1.807) is 11.8 Å². The molecule has 1 rings (SSSR count). The molecule has 0 saturated heterocycles. The Hall–Kier alpha value is 0.0749. The van der Waals surface area contributed by atoms with Gasteiger partial charge in [0.15, 0.2) is 0 Å². The highest BCUT2D eigenvalue weighted by atomic mass is 32.2. The lowest BCUT2D eigenvalue weighted by Gasteiger charge is -1.99. The molecule has 0 aliphatic carbocycles. The van der Waals surface area contributed by atoms with Gasteiger partial charge in [-0.3, -0.25) is 0 Å². The fourth-order valence-electron chi connectivity index (χ4n) is 1.16. The van der Waals surface area contributed by atoms with Crippen LogP contribution in [0, 0.1) is 0 Å². The molecule has 0 aromatic rings. The molecule has 10 heavy (non-hydrogen) atoms. The molecule has 1 atom stereocenters. The second kappa shape index (κ2) is 2.99. The summed E-state index contributed by atoms with van der Waals surface area (Å²) in [5.41, 5.74) is 0.789. The lowest BCUT2D eigenvalue weighted by molar-refractivity contribution is 0.416. The standard InChI is InChI=1S/C6H11BO2S/c1-4-3-6(7(8)9)5(2)10-4/h4,8-9H,3H2,1-2H3. The minimum atomic E-state index is -1.24. The van der Waals surface area contributed by atoms with Crippen LogP contribution < -0.4 is 0 Å². The van der Waals surface area contributed by atoms with Crippen molar-refractivity contribution in [2.45, 2.75) is 25.5 Å². The third kappa shape index (κ3) is 1.56. The molecule has 0 saturated carbocycles. The Morgan fingerprint density at radius 2 is 2.20 bits per heavy atom. The predicted octanol–water partition coefficient (Wildman–Crippen LogP) is 0.798. The number of hydrogen-bond acceptors (Lipinski definition) is 3. The van der Waals surface area contributed by atoms with E-state index >= 15 is 0 Å². The van der Waals surface area contributed by atoms with Crippen molar-refractivity contribution in [3.05, 3.63) is 10.4 Å². The monoisotopic (exact) mass is 158 g/mol. The molecule has 56 valence electrons. The first-order valence-corrected chi connectivity index (χ1v) is 4.21. The lowest BCUT2D eigenvalue weighted by Crippen LogP contribution is -2.15. The van der Waals surface area contributed by atoms with Crippen molar-refractivity contribution in [2.24, 2.45) is 0 Å². The van der Waals surface area contributed by atoms with Crippen LogP contribution in [0.2, 0.25) is 0 Å². The Kier molecular flexibility index (Phi) is 2.44. The average molecular weight is 158 g/mol. The third-order valence-electron chi connectivity index (χ3n) is 1.65. The first kappa shape index (κ1) is 8.17. The van der Waals surface area contributed by atoms with Gasteiger partial charge in [0, 0.05) is 5.25 Å². The summed E-state index contributed by atoms with van der Waals surface area (Å²) in [6.45, 7) is 4.02. The van der Waals surface area contributed by atoms with E-state index in [1.807, 2.05) is 6.92 Å². The lowest BCUT2D eigenvalue weighted by atomic mass is 9.77. The van der Waals surface area contributed by atoms with Crippen LogP contribution in [0.1, 0.15) is 20.3 Å². The SMILES string of the molecule is CC1=C(B(O)O)CC(C)S1. The van der Waals surface area contributed by atoms with Crippen LogP contribution in [0.5, 0.6) is 0 Å². The fourth-order valence-corrected chi connectivity index (χ4v) is 2.37. The second-order valence-corrected chi connectivity index (χ2v) is 4.24. The van der Waals surface area contributed by atoms with Crippen LogP contribution in [0.25, 0.3) is 0 Å². The van der Waals surface area contributed by atoms with Crippen molar-refractivity contribution >= 4 is 18.9 Å². The molecule has 1 heterocycles. The van der Waals surface area contributed by atoms with Gasteiger partial charge in [-0.05, 0) is 23.7 Å². The number of thioether (sulfide) groups is 1.